The van der Waals surface area contributed by atoms with Crippen molar-refractivity contribution in [1.29, 1.82) is 0 Å². The zero-order chi connectivity index (χ0) is 13.0. The molecule has 2 nitrogen and oxygen atoms in total. The number of nitrogens with zero attached hydrogens (tertiary/aromatic N) is 1. The summed E-state index contributed by atoms with van der Waals surface area (Å²) >= 11 is 0. The molecular formula is C16H20N2. The van der Waals surface area contributed by atoms with Crippen molar-refractivity contribution < 1.29 is 0 Å². The molecule has 2 heteroatoms. The van der Waals surface area contributed by atoms with E-state index in [1.165, 1.54) is 22.3 Å². The number of hydrogen-bond acceptors (Lipinski definition) is 2. The van der Waals surface area contributed by atoms with Gasteiger partial charge in [0, 0.05) is 25.0 Å². The molecule has 0 aliphatic carbocycles. The number of benzene rings is 1. The summed E-state index contributed by atoms with van der Waals surface area (Å²) in [6, 6.07) is 10.9. The third-order valence-electron chi connectivity index (χ3n) is 3.52. The molecule has 1 aromatic carbocycles. The van der Waals surface area contributed by atoms with E-state index in [1.807, 2.05) is 12.4 Å². The minimum Gasteiger partial charge on any atom is -0.306 e. The van der Waals surface area contributed by atoms with E-state index < -0.39 is 0 Å². The molecule has 0 aliphatic heterocycles. The van der Waals surface area contributed by atoms with Crippen LogP contribution in [0.25, 0.3) is 0 Å². The highest BCUT2D eigenvalue weighted by Gasteiger charge is 2.06. The predicted molar refractivity (Wildman–Crippen MR) is 75.4 cm³/mol. The Labute approximate surface area is 109 Å². The highest BCUT2D eigenvalue weighted by Crippen LogP contribution is 2.15. The fourth-order valence-electron chi connectivity index (χ4n) is 2.04. The smallest absolute Gasteiger partial charge is 0.0296 e. The number of pyridine rings is 1. The predicted octanol–water partition coefficient (Wildman–Crippen LogP) is 3.55. The molecule has 1 atom stereocenters. The van der Waals surface area contributed by atoms with Crippen LogP contribution in [-0.4, -0.2) is 4.98 Å². The summed E-state index contributed by atoms with van der Waals surface area (Å²) in [6.45, 7) is 7.42. The molecule has 0 spiro atoms. The summed E-state index contributed by atoms with van der Waals surface area (Å²) in [6.07, 6.45) is 3.68. The van der Waals surface area contributed by atoms with Gasteiger partial charge in [0.15, 0.2) is 0 Å². The first-order valence-electron chi connectivity index (χ1n) is 6.37. The first-order valence-corrected chi connectivity index (χ1v) is 6.37. The zero-order valence-electron chi connectivity index (χ0n) is 11.3. The van der Waals surface area contributed by atoms with Gasteiger partial charge in [-0.3, -0.25) is 4.98 Å². The molecular weight excluding hydrogens is 220 g/mol. The van der Waals surface area contributed by atoms with Gasteiger partial charge in [0.2, 0.25) is 0 Å². The number of nitrogens with one attached hydrogen (secondary N) is 1. The normalized spacial score (nSPS) is 12.4. The zero-order valence-corrected chi connectivity index (χ0v) is 11.3. The van der Waals surface area contributed by atoms with Gasteiger partial charge in [-0.15, -0.1) is 0 Å². The second-order valence-electron chi connectivity index (χ2n) is 4.74. The van der Waals surface area contributed by atoms with Crippen LogP contribution in [0.5, 0.6) is 0 Å². The lowest BCUT2D eigenvalue weighted by Gasteiger charge is -2.16. The minimum atomic E-state index is 0.341. The number of aromatic nitrogens is 1. The Morgan fingerprint density at radius 1 is 1.11 bits per heavy atom. The van der Waals surface area contributed by atoms with E-state index >= 15 is 0 Å². The van der Waals surface area contributed by atoms with Crippen LogP contribution < -0.4 is 5.32 Å². The Bertz CT molecular complexity index is 506. The number of hydrogen-bond donors (Lipinski definition) is 1. The average molecular weight is 240 g/mol. The Balaban J connectivity index is 2.02. The third kappa shape index (κ3) is 2.96. The van der Waals surface area contributed by atoms with Crippen LogP contribution in [0.4, 0.5) is 0 Å². The molecule has 1 heterocycles. The summed E-state index contributed by atoms with van der Waals surface area (Å²) in [4.78, 5) is 4.04. The lowest BCUT2D eigenvalue weighted by molar-refractivity contribution is 0.572. The largest absolute Gasteiger partial charge is 0.306 e. The molecule has 1 aromatic heterocycles. The highest BCUT2D eigenvalue weighted by molar-refractivity contribution is 5.33. The van der Waals surface area contributed by atoms with Crippen LogP contribution in [0.1, 0.15) is 35.2 Å². The molecule has 0 aliphatic rings. The molecule has 94 valence electrons. The van der Waals surface area contributed by atoms with Crippen molar-refractivity contribution in [2.24, 2.45) is 0 Å². The van der Waals surface area contributed by atoms with E-state index in [-0.39, 0.29) is 0 Å². The van der Waals surface area contributed by atoms with Gasteiger partial charge in [0.1, 0.15) is 0 Å². The van der Waals surface area contributed by atoms with Gasteiger partial charge in [0.05, 0.1) is 0 Å². The molecule has 0 saturated carbocycles. The quantitative estimate of drug-likeness (QED) is 0.884. The van der Waals surface area contributed by atoms with Crippen LogP contribution in [0, 0.1) is 13.8 Å². The summed E-state index contributed by atoms with van der Waals surface area (Å²) < 4.78 is 0. The fraction of sp³-hybridized carbons (Fsp3) is 0.312. The molecule has 2 rings (SSSR count). The summed E-state index contributed by atoms with van der Waals surface area (Å²) in [5.41, 5.74) is 5.38. The van der Waals surface area contributed by atoms with Crippen molar-refractivity contribution in [1.82, 2.24) is 10.3 Å². The lowest BCUT2D eigenvalue weighted by Crippen LogP contribution is -2.18. The van der Waals surface area contributed by atoms with E-state index in [4.69, 9.17) is 0 Å². The van der Waals surface area contributed by atoms with Crippen molar-refractivity contribution in [3.8, 4) is 0 Å². The summed E-state index contributed by atoms with van der Waals surface area (Å²) in [7, 11) is 0. The van der Waals surface area contributed by atoms with Gasteiger partial charge in [-0.2, -0.15) is 0 Å². The maximum Gasteiger partial charge on any atom is 0.0296 e. The molecule has 18 heavy (non-hydrogen) atoms. The third-order valence-corrected chi connectivity index (χ3v) is 3.52. The van der Waals surface area contributed by atoms with Crippen molar-refractivity contribution in [3.63, 3.8) is 0 Å². The van der Waals surface area contributed by atoms with E-state index in [9.17, 15) is 0 Å². The summed E-state index contributed by atoms with van der Waals surface area (Å²) in [5.74, 6) is 0. The van der Waals surface area contributed by atoms with Gasteiger partial charge in [-0.25, -0.2) is 0 Å². The van der Waals surface area contributed by atoms with E-state index in [0.29, 0.717) is 6.04 Å². The van der Waals surface area contributed by atoms with Crippen LogP contribution >= 0.6 is 0 Å². The van der Waals surface area contributed by atoms with Gasteiger partial charge in [0.25, 0.3) is 0 Å². The van der Waals surface area contributed by atoms with Crippen molar-refractivity contribution in [2.45, 2.75) is 33.4 Å². The Hall–Kier alpha value is -1.67. The molecule has 0 radical (unpaired) electrons. The first kappa shape index (κ1) is 12.8. The van der Waals surface area contributed by atoms with Crippen molar-refractivity contribution in [3.05, 3.63) is 65.0 Å². The molecule has 0 bridgehead atoms. The standard InChI is InChI=1S/C16H20N2/c1-12-5-4-6-16(13(12)2)11-18-14(3)15-7-9-17-10-8-15/h4-10,14,18H,11H2,1-3H3/t14-/m1/s1. The second-order valence-corrected chi connectivity index (χ2v) is 4.74. The molecule has 1 N–H and O–H groups in total. The maximum absolute atomic E-state index is 4.04. The second kappa shape index (κ2) is 5.78. The van der Waals surface area contributed by atoms with Crippen LogP contribution in [0.2, 0.25) is 0 Å². The Morgan fingerprint density at radius 3 is 2.56 bits per heavy atom. The lowest BCUT2D eigenvalue weighted by atomic mass is 10.0. The Morgan fingerprint density at radius 2 is 1.83 bits per heavy atom. The fourth-order valence-corrected chi connectivity index (χ4v) is 2.04. The molecule has 0 saturated heterocycles. The maximum atomic E-state index is 4.04. The Kier molecular flexibility index (Phi) is 4.11. The van der Waals surface area contributed by atoms with Crippen LogP contribution in [-0.2, 0) is 6.54 Å². The van der Waals surface area contributed by atoms with Gasteiger partial charge in [-0.05, 0) is 55.2 Å². The minimum absolute atomic E-state index is 0.341. The number of aryl methyl sites for hydroxylation is 1. The first-order chi connectivity index (χ1) is 8.68. The SMILES string of the molecule is Cc1cccc(CN[C@H](C)c2ccncc2)c1C. The van der Waals surface area contributed by atoms with Gasteiger partial charge in [-0.1, -0.05) is 18.2 Å². The van der Waals surface area contributed by atoms with Crippen molar-refractivity contribution in [2.75, 3.05) is 0 Å². The van der Waals surface area contributed by atoms with Gasteiger partial charge >= 0.3 is 0 Å². The molecule has 0 amide bonds. The highest BCUT2D eigenvalue weighted by atomic mass is 14.9. The van der Waals surface area contributed by atoms with E-state index in [2.05, 4.69) is 61.4 Å². The monoisotopic (exact) mass is 240 g/mol. The van der Waals surface area contributed by atoms with E-state index in [0.717, 1.165) is 6.54 Å². The van der Waals surface area contributed by atoms with Crippen molar-refractivity contribution >= 4 is 0 Å². The molecule has 0 unspecified atom stereocenters. The van der Waals surface area contributed by atoms with Gasteiger partial charge < -0.3 is 5.32 Å². The average Bonchev–Trinajstić information content (AvgIpc) is 2.41. The van der Waals surface area contributed by atoms with Crippen LogP contribution in [0.3, 0.4) is 0 Å². The summed E-state index contributed by atoms with van der Waals surface area (Å²) in [5, 5.41) is 3.56. The van der Waals surface area contributed by atoms with Crippen LogP contribution in [0.15, 0.2) is 42.7 Å². The topological polar surface area (TPSA) is 24.9 Å². The van der Waals surface area contributed by atoms with E-state index in [1.54, 1.807) is 0 Å². The number of rotatable bonds is 4. The molecule has 0 fully saturated rings. The molecule has 2 aromatic rings.